The summed E-state index contributed by atoms with van der Waals surface area (Å²) in [4.78, 5) is 17.0. The molecule has 4 rings (SSSR count). The van der Waals surface area contributed by atoms with Gasteiger partial charge in [0.25, 0.3) is 0 Å². The van der Waals surface area contributed by atoms with E-state index < -0.39 is 0 Å². The molecular weight excluding hydrogens is 434 g/mol. The molecule has 0 radical (unpaired) electrons. The topological polar surface area (TPSA) is 81.9 Å². The summed E-state index contributed by atoms with van der Waals surface area (Å²) in [6.07, 6.45) is 6.96. The van der Waals surface area contributed by atoms with Crippen LogP contribution in [0.4, 0.5) is 0 Å². The second-order valence-corrected chi connectivity index (χ2v) is 9.48. The van der Waals surface area contributed by atoms with Crippen LogP contribution in [0.15, 0.2) is 53.9 Å². The number of carbonyl (C=O) groups excluding carboxylic acids is 1. The van der Waals surface area contributed by atoms with Gasteiger partial charge in [-0.15, -0.1) is 10.2 Å². The van der Waals surface area contributed by atoms with Gasteiger partial charge in [0.15, 0.2) is 11.0 Å². The van der Waals surface area contributed by atoms with Crippen molar-refractivity contribution in [2.75, 3.05) is 12.4 Å². The fourth-order valence-electron chi connectivity index (χ4n) is 4.30. The van der Waals surface area contributed by atoms with E-state index in [1.165, 1.54) is 24.6 Å². The molecule has 1 aliphatic rings. The lowest BCUT2D eigenvalue weighted by Gasteiger charge is -2.34. The molecule has 7 nitrogen and oxygen atoms in total. The first kappa shape index (κ1) is 23.3. The van der Waals surface area contributed by atoms with Gasteiger partial charge in [0.2, 0.25) is 5.91 Å². The fourth-order valence-corrected chi connectivity index (χ4v) is 5.06. The number of benzene rings is 1. The summed E-state index contributed by atoms with van der Waals surface area (Å²) in [5, 5.41) is 12.7. The molecule has 2 heterocycles. The Kier molecular flexibility index (Phi) is 7.65. The van der Waals surface area contributed by atoms with Gasteiger partial charge in [-0.05, 0) is 61.6 Å². The Morgan fingerprint density at radius 1 is 1.18 bits per heavy atom. The predicted molar refractivity (Wildman–Crippen MR) is 131 cm³/mol. The SMILES string of the molecule is CCOc1ccc(-n2c(SCC(=O)N[C@@H]3CCC[C@H](C)[C@@H]3C)nnc2-c2cccnc2)cc1. The molecule has 1 amide bonds. The normalized spacial score (nSPS) is 20.4. The number of rotatable bonds is 8. The van der Waals surface area contributed by atoms with E-state index in [9.17, 15) is 4.79 Å². The number of pyridine rings is 1. The molecule has 0 unspecified atom stereocenters. The van der Waals surface area contributed by atoms with Gasteiger partial charge < -0.3 is 10.1 Å². The van der Waals surface area contributed by atoms with Gasteiger partial charge in [-0.2, -0.15) is 0 Å². The summed E-state index contributed by atoms with van der Waals surface area (Å²) in [5.41, 5.74) is 1.76. The Bertz CT molecular complexity index is 1050. The monoisotopic (exact) mass is 465 g/mol. The van der Waals surface area contributed by atoms with Crippen LogP contribution in [0, 0.1) is 11.8 Å². The van der Waals surface area contributed by atoms with Crippen LogP contribution in [-0.2, 0) is 4.79 Å². The molecule has 2 aromatic heterocycles. The molecule has 1 N–H and O–H groups in total. The number of nitrogens with one attached hydrogen (secondary N) is 1. The summed E-state index contributed by atoms with van der Waals surface area (Å²) in [7, 11) is 0. The quantitative estimate of drug-likeness (QED) is 0.483. The molecule has 33 heavy (non-hydrogen) atoms. The molecule has 0 aliphatic heterocycles. The molecule has 1 aliphatic carbocycles. The van der Waals surface area contributed by atoms with Crippen molar-refractivity contribution in [1.29, 1.82) is 0 Å². The molecule has 0 spiro atoms. The summed E-state index contributed by atoms with van der Waals surface area (Å²) < 4.78 is 7.55. The van der Waals surface area contributed by atoms with Crippen LogP contribution >= 0.6 is 11.8 Å². The van der Waals surface area contributed by atoms with E-state index in [1.807, 2.05) is 47.9 Å². The molecule has 174 valence electrons. The minimum absolute atomic E-state index is 0.0371. The predicted octanol–water partition coefficient (Wildman–Crippen LogP) is 4.76. The molecule has 1 saturated carbocycles. The minimum atomic E-state index is 0.0371. The lowest BCUT2D eigenvalue weighted by Crippen LogP contribution is -2.44. The standard InChI is InChI=1S/C25H31N5O2S/c1-4-32-21-12-10-20(11-13-21)30-24(19-8-6-14-26-15-19)28-29-25(30)33-16-23(31)27-22-9-5-7-17(2)18(22)3/h6,8,10-15,17-18,22H,4-5,7,9,16H2,1-3H3,(H,27,31)/t17-,18-,22+/m0/s1. The third-order valence-corrected chi connectivity index (χ3v) is 7.27. The zero-order valence-corrected chi connectivity index (χ0v) is 20.2. The number of hydrogen-bond acceptors (Lipinski definition) is 6. The number of thioether (sulfide) groups is 1. The molecule has 0 bridgehead atoms. The van der Waals surface area contributed by atoms with Crippen molar-refractivity contribution in [1.82, 2.24) is 25.1 Å². The maximum absolute atomic E-state index is 12.8. The highest BCUT2D eigenvalue weighted by Crippen LogP contribution is 2.31. The first-order valence-corrected chi connectivity index (χ1v) is 12.6. The maximum Gasteiger partial charge on any atom is 0.230 e. The zero-order chi connectivity index (χ0) is 23.2. The first-order chi connectivity index (χ1) is 16.1. The largest absolute Gasteiger partial charge is 0.494 e. The molecule has 1 aromatic carbocycles. The minimum Gasteiger partial charge on any atom is -0.494 e. The van der Waals surface area contributed by atoms with Crippen molar-refractivity contribution >= 4 is 17.7 Å². The Labute approximate surface area is 199 Å². The van der Waals surface area contributed by atoms with Crippen LogP contribution in [-0.4, -0.2) is 44.1 Å². The van der Waals surface area contributed by atoms with Crippen molar-refractivity contribution in [3.63, 3.8) is 0 Å². The number of nitrogens with zero attached hydrogens (tertiary/aromatic N) is 4. The van der Waals surface area contributed by atoms with Gasteiger partial charge in [0.1, 0.15) is 5.75 Å². The average molecular weight is 466 g/mol. The van der Waals surface area contributed by atoms with Gasteiger partial charge in [0, 0.05) is 29.7 Å². The average Bonchev–Trinajstić information content (AvgIpc) is 3.26. The van der Waals surface area contributed by atoms with E-state index >= 15 is 0 Å². The highest BCUT2D eigenvalue weighted by Gasteiger charge is 2.28. The molecule has 8 heteroatoms. The van der Waals surface area contributed by atoms with Crippen LogP contribution in [0.25, 0.3) is 17.1 Å². The Morgan fingerprint density at radius 3 is 2.73 bits per heavy atom. The smallest absolute Gasteiger partial charge is 0.230 e. The van der Waals surface area contributed by atoms with Crippen molar-refractivity contribution in [3.8, 4) is 22.8 Å². The van der Waals surface area contributed by atoms with E-state index in [2.05, 4.69) is 34.3 Å². The van der Waals surface area contributed by atoms with Crippen LogP contribution in [0.3, 0.4) is 0 Å². The van der Waals surface area contributed by atoms with Crippen molar-refractivity contribution in [3.05, 3.63) is 48.8 Å². The number of amides is 1. The van der Waals surface area contributed by atoms with E-state index in [1.54, 1.807) is 12.4 Å². The number of aromatic nitrogens is 4. The lowest BCUT2D eigenvalue weighted by molar-refractivity contribution is -0.120. The Hall–Kier alpha value is -2.87. The van der Waals surface area contributed by atoms with E-state index in [4.69, 9.17) is 4.74 Å². The molecule has 3 aromatic rings. The Morgan fingerprint density at radius 2 is 2.00 bits per heavy atom. The maximum atomic E-state index is 12.8. The van der Waals surface area contributed by atoms with Crippen LogP contribution in [0.5, 0.6) is 5.75 Å². The molecule has 3 atom stereocenters. The van der Waals surface area contributed by atoms with Gasteiger partial charge in [-0.1, -0.05) is 38.5 Å². The number of ether oxygens (including phenoxy) is 1. The third-order valence-electron chi connectivity index (χ3n) is 6.34. The summed E-state index contributed by atoms with van der Waals surface area (Å²) >= 11 is 1.40. The molecule has 0 saturated heterocycles. The lowest BCUT2D eigenvalue weighted by atomic mass is 9.78. The van der Waals surface area contributed by atoms with Crippen LogP contribution < -0.4 is 10.1 Å². The van der Waals surface area contributed by atoms with Gasteiger partial charge in [-0.25, -0.2) is 0 Å². The van der Waals surface area contributed by atoms with E-state index in [0.29, 0.717) is 35.2 Å². The van der Waals surface area contributed by atoms with Crippen molar-refractivity contribution < 1.29 is 9.53 Å². The second-order valence-electron chi connectivity index (χ2n) is 8.54. The summed E-state index contributed by atoms with van der Waals surface area (Å²) in [5.74, 6) is 2.96. The Balaban J connectivity index is 1.54. The fraction of sp³-hybridized carbons (Fsp3) is 0.440. The second kappa shape index (κ2) is 10.8. The number of hydrogen-bond donors (Lipinski definition) is 1. The summed E-state index contributed by atoms with van der Waals surface area (Å²) in [6.45, 7) is 7.09. The number of carbonyl (C=O) groups is 1. The summed E-state index contributed by atoms with van der Waals surface area (Å²) in [6, 6.07) is 11.9. The van der Waals surface area contributed by atoms with Crippen molar-refractivity contribution in [2.45, 2.75) is 51.2 Å². The van der Waals surface area contributed by atoms with Gasteiger partial charge in [0.05, 0.1) is 12.4 Å². The van der Waals surface area contributed by atoms with E-state index in [-0.39, 0.29) is 11.9 Å². The highest BCUT2D eigenvalue weighted by molar-refractivity contribution is 7.99. The molecular formula is C25H31N5O2S. The zero-order valence-electron chi connectivity index (χ0n) is 19.4. The highest BCUT2D eigenvalue weighted by atomic mass is 32.2. The molecule has 1 fully saturated rings. The van der Waals surface area contributed by atoms with Gasteiger partial charge in [-0.3, -0.25) is 14.3 Å². The van der Waals surface area contributed by atoms with Gasteiger partial charge >= 0.3 is 0 Å². The van der Waals surface area contributed by atoms with E-state index in [0.717, 1.165) is 23.4 Å². The van der Waals surface area contributed by atoms with Crippen molar-refractivity contribution in [2.24, 2.45) is 11.8 Å². The first-order valence-electron chi connectivity index (χ1n) is 11.6. The van der Waals surface area contributed by atoms with Crippen LogP contribution in [0.1, 0.15) is 40.0 Å². The van der Waals surface area contributed by atoms with Crippen LogP contribution in [0.2, 0.25) is 0 Å². The third kappa shape index (κ3) is 5.55.